The molecule has 1 aromatic heterocycles. The van der Waals surface area contributed by atoms with Crippen LogP contribution < -0.4 is 0 Å². The second-order valence-electron chi connectivity index (χ2n) is 4.77. The SMILES string of the molecule is Cc1nn(C)c(CC(O)Cc2ccc(Cl)cc2Cl)c1Br. The van der Waals surface area contributed by atoms with Crippen molar-refractivity contribution in [2.24, 2.45) is 7.05 Å². The summed E-state index contributed by atoms with van der Waals surface area (Å²) >= 11 is 15.5. The minimum Gasteiger partial charge on any atom is -0.392 e. The first-order valence-corrected chi connectivity index (χ1v) is 7.73. The van der Waals surface area contributed by atoms with E-state index in [1.165, 1.54) is 0 Å². The molecule has 1 N–H and O–H groups in total. The predicted molar refractivity (Wildman–Crippen MR) is 85.5 cm³/mol. The van der Waals surface area contributed by atoms with E-state index in [-0.39, 0.29) is 0 Å². The second-order valence-corrected chi connectivity index (χ2v) is 6.40. The first-order valence-electron chi connectivity index (χ1n) is 6.18. The van der Waals surface area contributed by atoms with E-state index >= 15 is 0 Å². The lowest BCUT2D eigenvalue weighted by atomic mass is 10.0. The maximum absolute atomic E-state index is 10.3. The predicted octanol–water partition coefficient (Wildman–Crippen LogP) is 3.94. The number of hydrogen-bond donors (Lipinski definition) is 1. The average Bonchev–Trinajstić information content (AvgIpc) is 2.60. The third-order valence-corrected chi connectivity index (χ3v) is 4.78. The molecule has 3 nitrogen and oxygen atoms in total. The lowest BCUT2D eigenvalue weighted by molar-refractivity contribution is 0.172. The Morgan fingerprint density at radius 2 is 2.05 bits per heavy atom. The van der Waals surface area contributed by atoms with Crippen molar-refractivity contribution in [2.75, 3.05) is 0 Å². The standard InChI is InChI=1S/C14H15BrCl2N2O/c1-8-14(15)13(19(2)18-8)7-11(20)5-9-3-4-10(16)6-12(9)17/h3-4,6,11,20H,5,7H2,1-2H3. The van der Waals surface area contributed by atoms with Gasteiger partial charge in [-0.1, -0.05) is 29.3 Å². The first kappa shape index (κ1) is 15.8. The fourth-order valence-corrected chi connectivity index (χ4v) is 3.12. The molecule has 0 aliphatic rings. The fraction of sp³-hybridized carbons (Fsp3) is 0.357. The molecule has 0 radical (unpaired) electrons. The third-order valence-electron chi connectivity index (χ3n) is 3.16. The average molecular weight is 378 g/mol. The van der Waals surface area contributed by atoms with Gasteiger partial charge in [0.15, 0.2) is 0 Å². The summed E-state index contributed by atoms with van der Waals surface area (Å²) in [5, 5.41) is 15.7. The summed E-state index contributed by atoms with van der Waals surface area (Å²) < 4.78 is 2.73. The molecule has 1 aromatic carbocycles. The number of rotatable bonds is 4. The maximum atomic E-state index is 10.3. The molecular weight excluding hydrogens is 363 g/mol. The Balaban J connectivity index is 2.11. The summed E-state index contributed by atoms with van der Waals surface area (Å²) in [5.74, 6) is 0. The van der Waals surface area contributed by atoms with Crippen LogP contribution in [0.25, 0.3) is 0 Å². The highest BCUT2D eigenvalue weighted by Gasteiger charge is 2.16. The van der Waals surface area contributed by atoms with Crippen LogP contribution in [0.3, 0.4) is 0 Å². The normalized spacial score (nSPS) is 12.7. The molecule has 1 heterocycles. The molecule has 1 unspecified atom stereocenters. The van der Waals surface area contributed by atoms with Crippen molar-refractivity contribution in [3.63, 3.8) is 0 Å². The molecule has 108 valence electrons. The summed E-state index contributed by atoms with van der Waals surface area (Å²) in [6.07, 6.45) is 0.462. The van der Waals surface area contributed by atoms with Crippen LogP contribution in [0, 0.1) is 6.92 Å². The van der Waals surface area contributed by atoms with Gasteiger partial charge in [-0.2, -0.15) is 5.10 Å². The van der Waals surface area contributed by atoms with E-state index in [4.69, 9.17) is 23.2 Å². The Labute approximate surface area is 136 Å². The van der Waals surface area contributed by atoms with E-state index < -0.39 is 6.10 Å². The number of halogens is 3. The maximum Gasteiger partial charge on any atom is 0.0738 e. The molecule has 0 saturated carbocycles. The minimum atomic E-state index is -0.528. The van der Waals surface area contributed by atoms with Gasteiger partial charge in [-0.15, -0.1) is 0 Å². The van der Waals surface area contributed by atoms with Crippen LogP contribution in [0.5, 0.6) is 0 Å². The van der Waals surface area contributed by atoms with Gasteiger partial charge in [0, 0.05) is 29.9 Å². The molecule has 0 bridgehead atoms. The van der Waals surface area contributed by atoms with Crippen molar-refractivity contribution in [1.29, 1.82) is 0 Å². The van der Waals surface area contributed by atoms with Gasteiger partial charge in [-0.25, -0.2) is 0 Å². The van der Waals surface area contributed by atoms with E-state index in [0.717, 1.165) is 21.4 Å². The third kappa shape index (κ3) is 3.55. The van der Waals surface area contributed by atoms with Crippen LogP contribution >= 0.6 is 39.1 Å². The molecule has 0 aliphatic heterocycles. The van der Waals surface area contributed by atoms with Gasteiger partial charge in [0.05, 0.1) is 22.0 Å². The van der Waals surface area contributed by atoms with Crippen molar-refractivity contribution < 1.29 is 5.11 Å². The van der Waals surface area contributed by atoms with Crippen molar-refractivity contribution in [3.8, 4) is 0 Å². The smallest absolute Gasteiger partial charge is 0.0738 e. The highest BCUT2D eigenvalue weighted by atomic mass is 79.9. The topological polar surface area (TPSA) is 38.0 Å². The molecule has 6 heteroatoms. The van der Waals surface area contributed by atoms with E-state index in [2.05, 4.69) is 21.0 Å². The largest absolute Gasteiger partial charge is 0.392 e. The van der Waals surface area contributed by atoms with E-state index in [1.807, 2.05) is 20.0 Å². The molecule has 0 aliphatic carbocycles. The van der Waals surface area contributed by atoms with Gasteiger partial charge in [0.1, 0.15) is 0 Å². The van der Waals surface area contributed by atoms with E-state index in [0.29, 0.717) is 22.9 Å². The highest BCUT2D eigenvalue weighted by Crippen LogP contribution is 2.25. The Bertz CT molecular complexity index is 628. The molecule has 0 fully saturated rings. The number of aliphatic hydroxyl groups excluding tert-OH is 1. The molecule has 0 saturated heterocycles. The Kier molecular flexibility index (Phi) is 5.13. The lowest BCUT2D eigenvalue weighted by Crippen LogP contribution is -2.16. The van der Waals surface area contributed by atoms with Gasteiger partial charge in [0.2, 0.25) is 0 Å². The summed E-state index contributed by atoms with van der Waals surface area (Å²) in [7, 11) is 1.87. The molecule has 2 rings (SSSR count). The lowest BCUT2D eigenvalue weighted by Gasteiger charge is -2.12. The van der Waals surface area contributed by atoms with Crippen LogP contribution in [-0.2, 0) is 19.9 Å². The number of nitrogens with zero attached hydrogens (tertiary/aromatic N) is 2. The van der Waals surface area contributed by atoms with Gasteiger partial charge in [0.25, 0.3) is 0 Å². The van der Waals surface area contributed by atoms with Crippen molar-refractivity contribution in [2.45, 2.75) is 25.9 Å². The van der Waals surface area contributed by atoms with Crippen molar-refractivity contribution >= 4 is 39.1 Å². The van der Waals surface area contributed by atoms with Gasteiger partial charge in [-0.05, 0) is 40.5 Å². The van der Waals surface area contributed by atoms with Crippen LogP contribution in [-0.4, -0.2) is 21.0 Å². The second kappa shape index (κ2) is 6.48. The van der Waals surface area contributed by atoms with Crippen LogP contribution in [0.4, 0.5) is 0 Å². The van der Waals surface area contributed by atoms with Crippen LogP contribution in [0.1, 0.15) is 17.0 Å². The van der Waals surface area contributed by atoms with Crippen LogP contribution in [0.15, 0.2) is 22.7 Å². The zero-order valence-corrected chi connectivity index (χ0v) is 14.3. The number of benzene rings is 1. The summed E-state index contributed by atoms with van der Waals surface area (Å²) in [6.45, 7) is 1.93. The minimum absolute atomic E-state index is 0.479. The van der Waals surface area contributed by atoms with Gasteiger partial charge < -0.3 is 5.11 Å². The fourth-order valence-electron chi connectivity index (χ4n) is 2.14. The zero-order chi connectivity index (χ0) is 14.9. The molecular formula is C14H15BrCl2N2O. The van der Waals surface area contributed by atoms with Crippen molar-refractivity contribution in [3.05, 3.63) is 49.7 Å². The van der Waals surface area contributed by atoms with Crippen molar-refractivity contribution in [1.82, 2.24) is 9.78 Å². The Morgan fingerprint density at radius 1 is 1.35 bits per heavy atom. The van der Waals surface area contributed by atoms with E-state index in [1.54, 1.807) is 16.8 Å². The number of hydrogen-bond acceptors (Lipinski definition) is 2. The quantitative estimate of drug-likeness (QED) is 0.876. The van der Waals surface area contributed by atoms with Gasteiger partial charge >= 0.3 is 0 Å². The molecule has 0 amide bonds. The molecule has 2 aromatic rings. The molecule has 0 spiro atoms. The molecule has 20 heavy (non-hydrogen) atoms. The highest BCUT2D eigenvalue weighted by molar-refractivity contribution is 9.10. The monoisotopic (exact) mass is 376 g/mol. The number of aliphatic hydroxyl groups is 1. The van der Waals surface area contributed by atoms with Crippen LogP contribution in [0.2, 0.25) is 10.0 Å². The summed E-state index contributed by atoms with van der Waals surface area (Å²) in [4.78, 5) is 0. The Morgan fingerprint density at radius 3 is 2.60 bits per heavy atom. The zero-order valence-electron chi connectivity index (χ0n) is 11.2. The Hall–Kier alpha value is -0.550. The summed E-state index contributed by atoms with van der Waals surface area (Å²) in [5.41, 5.74) is 2.78. The number of aryl methyl sites for hydroxylation is 2. The van der Waals surface area contributed by atoms with E-state index in [9.17, 15) is 5.11 Å². The first-order chi connectivity index (χ1) is 9.38. The molecule has 1 atom stereocenters. The summed E-state index contributed by atoms with van der Waals surface area (Å²) in [6, 6.07) is 5.31. The van der Waals surface area contributed by atoms with Gasteiger partial charge in [-0.3, -0.25) is 4.68 Å². The number of aromatic nitrogens is 2.